The van der Waals surface area contributed by atoms with Gasteiger partial charge in [-0.15, -0.1) is 0 Å². The fourth-order valence-electron chi connectivity index (χ4n) is 2.08. The molecule has 0 aliphatic carbocycles. The lowest BCUT2D eigenvalue weighted by atomic mass is 10.2. The van der Waals surface area contributed by atoms with Gasteiger partial charge in [-0.25, -0.2) is 9.79 Å². The van der Waals surface area contributed by atoms with Gasteiger partial charge in [0.2, 0.25) is 0 Å². The molecular weight excluding hydrogens is 326 g/mol. The van der Waals surface area contributed by atoms with Crippen LogP contribution in [-0.4, -0.2) is 39.1 Å². The number of likely N-dealkylation sites (N-methyl/N-ethyl adjacent to an activating group) is 1. The maximum absolute atomic E-state index is 12.3. The Morgan fingerprint density at radius 2 is 2.17 bits per heavy atom. The van der Waals surface area contributed by atoms with Crippen LogP contribution >= 0.6 is 11.8 Å². The molecule has 120 valence electrons. The first-order valence-corrected chi connectivity index (χ1v) is 7.86. The number of hydrogen-bond donors (Lipinski definition) is 1. The molecular formula is C17H13N3O3S. The second-order valence-electron chi connectivity index (χ2n) is 5.01. The highest BCUT2D eigenvalue weighted by Crippen LogP contribution is 2.33. The van der Waals surface area contributed by atoms with Gasteiger partial charge in [0.05, 0.1) is 16.2 Å². The molecule has 0 unspecified atom stereocenters. The Bertz CT molecular complexity index is 862. The number of rotatable bonds is 3. The van der Waals surface area contributed by atoms with Crippen molar-refractivity contribution in [2.24, 2.45) is 4.99 Å². The molecule has 0 bridgehead atoms. The average molecular weight is 339 g/mol. The van der Waals surface area contributed by atoms with Crippen molar-refractivity contribution in [1.82, 2.24) is 9.88 Å². The third kappa shape index (κ3) is 3.36. The van der Waals surface area contributed by atoms with Crippen molar-refractivity contribution >= 4 is 40.6 Å². The minimum Gasteiger partial charge on any atom is -0.478 e. The van der Waals surface area contributed by atoms with E-state index in [-0.39, 0.29) is 11.5 Å². The summed E-state index contributed by atoms with van der Waals surface area (Å²) in [5, 5.41) is 9.53. The van der Waals surface area contributed by atoms with Gasteiger partial charge in [-0.2, -0.15) is 0 Å². The van der Waals surface area contributed by atoms with Gasteiger partial charge in [0.1, 0.15) is 0 Å². The standard InChI is InChI=1S/C17H13N3O3S/c1-20-15(21)14(8-11-4-3-7-18-10-11)24-17(20)19-13-6-2-5-12(9-13)16(22)23/h2-10H,1H3,(H,22,23)/b14-8-,19-17?. The molecule has 1 amide bonds. The lowest BCUT2D eigenvalue weighted by molar-refractivity contribution is -0.121. The number of carbonyl (C=O) groups is 2. The molecule has 2 aromatic rings. The molecule has 2 heterocycles. The van der Waals surface area contributed by atoms with E-state index in [0.29, 0.717) is 15.8 Å². The molecule has 0 atom stereocenters. The van der Waals surface area contributed by atoms with E-state index in [1.54, 1.807) is 43.7 Å². The number of carboxylic acids is 1. The summed E-state index contributed by atoms with van der Waals surface area (Å²) in [6, 6.07) is 9.94. The molecule has 6 nitrogen and oxygen atoms in total. The SMILES string of the molecule is CN1C(=O)/C(=C/c2cccnc2)SC1=Nc1cccc(C(=O)O)c1. The van der Waals surface area contributed by atoms with Crippen LogP contribution in [0.3, 0.4) is 0 Å². The van der Waals surface area contributed by atoms with E-state index < -0.39 is 5.97 Å². The van der Waals surface area contributed by atoms with Crippen molar-refractivity contribution in [2.75, 3.05) is 7.05 Å². The maximum Gasteiger partial charge on any atom is 0.335 e. The van der Waals surface area contributed by atoms with Crippen LogP contribution in [-0.2, 0) is 4.79 Å². The van der Waals surface area contributed by atoms with E-state index >= 15 is 0 Å². The molecule has 1 aliphatic rings. The minimum absolute atomic E-state index is 0.153. The second-order valence-corrected chi connectivity index (χ2v) is 6.02. The summed E-state index contributed by atoms with van der Waals surface area (Å²) in [6.07, 6.45) is 5.10. The summed E-state index contributed by atoms with van der Waals surface area (Å²) in [5.41, 5.74) is 1.47. The summed E-state index contributed by atoms with van der Waals surface area (Å²) in [6.45, 7) is 0. The van der Waals surface area contributed by atoms with Gasteiger partial charge in [0.25, 0.3) is 5.91 Å². The normalized spacial score (nSPS) is 17.7. The molecule has 3 rings (SSSR count). The van der Waals surface area contributed by atoms with Crippen molar-refractivity contribution in [2.45, 2.75) is 0 Å². The number of aliphatic imine (C=N–C) groups is 1. The first-order chi connectivity index (χ1) is 11.5. The van der Waals surface area contributed by atoms with Crippen LogP contribution in [0.1, 0.15) is 15.9 Å². The third-order valence-electron chi connectivity index (χ3n) is 3.30. The van der Waals surface area contributed by atoms with Gasteiger partial charge >= 0.3 is 5.97 Å². The molecule has 1 saturated heterocycles. The van der Waals surface area contributed by atoms with E-state index in [4.69, 9.17) is 5.11 Å². The molecule has 1 aromatic heterocycles. The fraction of sp³-hybridized carbons (Fsp3) is 0.0588. The highest BCUT2D eigenvalue weighted by molar-refractivity contribution is 8.18. The minimum atomic E-state index is -1.02. The van der Waals surface area contributed by atoms with Gasteiger partial charge in [-0.3, -0.25) is 14.7 Å². The van der Waals surface area contributed by atoms with Crippen molar-refractivity contribution < 1.29 is 14.7 Å². The number of hydrogen-bond acceptors (Lipinski definition) is 5. The molecule has 1 fully saturated rings. The summed E-state index contributed by atoms with van der Waals surface area (Å²) >= 11 is 1.24. The van der Waals surface area contributed by atoms with E-state index in [1.165, 1.54) is 28.8 Å². The van der Waals surface area contributed by atoms with Gasteiger partial charge in [-0.05, 0) is 47.7 Å². The fourth-order valence-corrected chi connectivity index (χ4v) is 3.07. The Hall–Kier alpha value is -2.93. The maximum atomic E-state index is 12.3. The topological polar surface area (TPSA) is 82.9 Å². The van der Waals surface area contributed by atoms with Crippen molar-refractivity contribution in [3.8, 4) is 0 Å². The van der Waals surface area contributed by atoms with E-state index in [0.717, 1.165) is 5.56 Å². The van der Waals surface area contributed by atoms with Crippen LogP contribution in [0.2, 0.25) is 0 Å². The van der Waals surface area contributed by atoms with Crippen LogP contribution in [0.15, 0.2) is 58.7 Å². The number of carboxylic acid groups (broad SMARTS) is 1. The number of amides is 1. The Labute approximate surface area is 142 Å². The Balaban J connectivity index is 1.90. The molecule has 7 heteroatoms. The summed E-state index contributed by atoms with van der Waals surface area (Å²) in [4.78, 5) is 33.7. The highest BCUT2D eigenvalue weighted by Gasteiger charge is 2.30. The number of aromatic nitrogens is 1. The van der Waals surface area contributed by atoms with Crippen molar-refractivity contribution in [3.05, 3.63) is 64.8 Å². The number of benzene rings is 1. The van der Waals surface area contributed by atoms with E-state index in [1.807, 2.05) is 6.07 Å². The van der Waals surface area contributed by atoms with Crippen molar-refractivity contribution in [1.29, 1.82) is 0 Å². The Kier molecular flexibility index (Phi) is 4.43. The molecule has 1 aromatic carbocycles. The summed E-state index contributed by atoms with van der Waals surface area (Å²) in [5.74, 6) is -1.17. The van der Waals surface area contributed by atoms with E-state index in [9.17, 15) is 9.59 Å². The van der Waals surface area contributed by atoms with Crippen LogP contribution in [0.25, 0.3) is 6.08 Å². The molecule has 0 radical (unpaired) electrons. The van der Waals surface area contributed by atoms with Crippen LogP contribution in [0.4, 0.5) is 5.69 Å². The molecule has 1 N–H and O–H groups in total. The zero-order valence-corrected chi connectivity index (χ0v) is 13.5. The number of aromatic carboxylic acids is 1. The predicted molar refractivity (Wildman–Crippen MR) is 93.1 cm³/mol. The molecule has 24 heavy (non-hydrogen) atoms. The monoisotopic (exact) mass is 339 g/mol. The van der Waals surface area contributed by atoms with Crippen LogP contribution in [0.5, 0.6) is 0 Å². The van der Waals surface area contributed by atoms with Crippen molar-refractivity contribution in [3.63, 3.8) is 0 Å². The first-order valence-electron chi connectivity index (χ1n) is 7.04. The smallest absolute Gasteiger partial charge is 0.335 e. The van der Waals surface area contributed by atoms with Gasteiger partial charge in [-0.1, -0.05) is 12.1 Å². The molecule has 0 spiro atoms. The quantitative estimate of drug-likeness (QED) is 0.869. The second kappa shape index (κ2) is 6.67. The Morgan fingerprint density at radius 3 is 2.88 bits per heavy atom. The van der Waals surface area contributed by atoms with E-state index in [2.05, 4.69) is 9.98 Å². The summed E-state index contributed by atoms with van der Waals surface area (Å²) < 4.78 is 0. The Morgan fingerprint density at radius 1 is 1.33 bits per heavy atom. The largest absolute Gasteiger partial charge is 0.478 e. The molecule has 1 aliphatic heterocycles. The number of carbonyl (C=O) groups excluding carboxylic acids is 1. The van der Waals surface area contributed by atoms with Gasteiger partial charge in [0.15, 0.2) is 5.17 Å². The average Bonchev–Trinajstić information content (AvgIpc) is 2.84. The number of pyridine rings is 1. The number of amidine groups is 1. The highest BCUT2D eigenvalue weighted by atomic mass is 32.2. The first kappa shape index (κ1) is 15.9. The van der Waals surface area contributed by atoms with Gasteiger partial charge < -0.3 is 5.11 Å². The number of thioether (sulfide) groups is 1. The van der Waals surface area contributed by atoms with Crippen LogP contribution < -0.4 is 0 Å². The lowest BCUT2D eigenvalue weighted by Crippen LogP contribution is -2.23. The molecule has 0 saturated carbocycles. The van der Waals surface area contributed by atoms with Crippen LogP contribution in [0, 0.1) is 0 Å². The third-order valence-corrected chi connectivity index (χ3v) is 4.36. The predicted octanol–water partition coefficient (Wildman–Crippen LogP) is 3.01. The number of nitrogens with zero attached hydrogens (tertiary/aromatic N) is 3. The zero-order chi connectivity index (χ0) is 17.1. The van der Waals surface area contributed by atoms with Gasteiger partial charge in [0, 0.05) is 19.4 Å². The zero-order valence-electron chi connectivity index (χ0n) is 12.7. The lowest BCUT2D eigenvalue weighted by Gasteiger charge is -2.07. The summed E-state index contributed by atoms with van der Waals surface area (Å²) in [7, 11) is 1.64.